The van der Waals surface area contributed by atoms with Crippen molar-refractivity contribution in [1.82, 2.24) is 0 Å². The summed E-state index contributed by atoms with van der Waals surface area (Å²) in [6, 6.07) is 5.01. The lowest BCUT2D eigenvalue weighted by atomic mass is 10.1. The number of hydrogen-bond acceptors (Lipinski definition) is 3. The second-order valence-electron chi connectivity index (χ2n) is 5.38. The van der Waals surface area contributed by atoms with E-state index in [9.17, 15) is 13.2 Å². The van der Waals surface area contributed by atoms with E-state index in [-0.39, 0.29) is 18.8 Å². The molecular weight excluding hydrogens is 309 g/mol. The fourth-order valence-corrected chi connectivity index (χ4v) is 2.59. The lowest BCUT2D eigenvalue weighted by molar-refractivity contribution is -0.137. The van der Waals surface area contributed by atoms with E-state index in [1.165, 1.54) is 6.07 Å². The highest BCUT2D eigenvalue weighted by atomic mass is 19.4. The van der Waals surface area contributed by atoms with Crippen LogP contribution in [0.4, 0.5) is 13.2 Å². The number of aliphatic hydroxyl groups is 1. The molecule has 122 valence electrons. The molecule has 3 rings (SSSR count). The molecule has 1 fully saturated rings. The van der Waals surface area contributed by atoms with Crippen LogP contribution in [-0.2, 0) is 10.9 Å². The largest absolute Gasteiger partial charge is 0.458 e. The predicted molar refractivity (Wildman–Crippen MR) is 77.5 cm³/mol. The quantitative estimate of drug-likeness (QED) is 0.847. The summed E-state index contributed by atoms with van der Waals surface area (Å²) in [7, 11) is 0. The highest BCUT2D eigenvalue weighted by Crippen LogP contribution is 2.37. The fraction of sp³-hybridized carbons (Fsp3) is 0.412. The summed E-state index contributed by atoms with van der Waals surface area (Å²) in [5.74, 6) is 6.26. The van der Waals surface area contributed by atoms with Crippen molar-refractivity contribution >= 4 is 11.0 Å². The number of hydrogen-bond donors (Lipinski definition) is 1. The molecular formula is C17H15F3O3. The van der Waals surface area contributed by atoms with Crippen LogP contribution in [0, 0.1) is 11.8 Å². The number of rotatable bonds is 2. The Bertz CT molecular complexity index is 752. The van der Waals surface area contributed by atoms with Gasteiger partial charge in [-0.3, -0.25) is 0 Å². The van der Waals surface area contributed by atoms with Crippen LogP contribution in [0.1, 0.15) is 36.7 Å². The average Bonchev–Trinajstić information content (AvgIpc) is 3.11. The maximum Gasteiger partial charge on any atom is 0.416 e. The summed E-state index contributed by atoms with van der Waals surface area (Å²) in [5, 5.41) is 9.10. The van der Waals surface area contributed by atoms with Crippen LogP contribution in [-0.4, -0.2) is 17.8 Å². The Kier molecular flexibility index (Phi) is 4.33. The predicted octanol–water partition coefficient (Wildman–Crippen LogP) is 4.06. The molecule has 0 unspecified atom stereocenters. The van der Waals surface area contributed by atoms with Gasteiger partial charge in [-0.1, -0.05) is 11.8 Å². The summed E-state index contributed by atoms with van der Waals surface area (Å²) in [6.07, 6.45) is -3.08. The van der Waals surface area contributed by atoms with Gasteiger partial charge < -0.3 is 14.3 Å². The van der Waals surface area contributed by atoms with E-state index in [2.05, 4.69) is 11.8 Å². The molecule has 1 aliphatic rings. The first-order valence-corrected chi connectivity index (χ1v) is 7.33. The highest BCUT2D eigenvalue weighted by molar-refractivity contribution is 5.79. The Morgan fingerprint density at radius 1 is 1.22 bits per heavy atom. The molecule has 0 saturated carbocycles. The SMILES string of the molecule is OCCC#C[C@@H]1CC[C@@H](c2cc3cc(C(F)(F)F)ccc3o2)O1. The van der Waals surface area contributed by atoms with Gasteiger partial charge >= 0.3 is 6.18 Å². The highest BCUT2D eigenvalue weighted by Gasteiger charge is 2.32. The number of aliphatic hydroxyl groups excluding tert-OH is 1. The zero-order valence-electron chi connectivity index (χ0n) is 12.2. The number of alkyl halides is 3. The maximum absolute atomic E-state index is 12.7. The van der Waals surface area contributed by atoms with Crippen molar-refractivity contribution in [1.29, 1.82) is 0 Å². The number of furan rings is 1. The summed E-state index contributed by atoms with van der Waals surface area (Å²) in [5.41, 5.74) is -0.288. The molecule has 23 heavy (non-hydrogen) atoms. The molecule has 1 N–H and O–H groups in total. The van der Waals surface area contributed by atoms with E-state index in [1.807, 2.05) is 0 Å². The second kappa shape index (κ2) is 6.26. The lowest BCUT2D eigenvalue weighted by Crippen LogP contribution is -2.03. The van der Waals surface area contributed by atoms with Crippen molar-refractivity contribution in [2.24, 2.45) is 0 Å². The van der Waals surface area contributed by atoms with Gasteiger partial charge in [-0.05, 0) is 37.1 Å². The van der Waals surface area contributed by atoms with Crippen LogP contribution in [0.15, 0.2) is 28.7 Å². The monoisotopic (exact) mass is 324 g/mol. The molecule has 0 amide bonds. The molecule has 0 spiro atoms. The van der Waals surface area contributed by atoms with Crippen LogP contribution in [0.25, 0.3) is 11.0 Å². The molecule has 2 aromatic rings. The lowest BCUT2D eigenvalue weighted by Gasteiger charge is -2.06. The first-order chi connectivity index (χ1) is 11.0. The summed E-state index contributed by atoms with van der Waals surface area (Å²) < 4.78 is 49.6. The molecule has 0 aliphatic carbocycles. The van der Waals surface area contributed by atoms with Crippen LogP contribution in [0.2, 0.25) is 0 Å². The van der Waals surface area contributed by atoms with Crippen LogP contribution >= 0.6 is 0 Å². The Balaban J connectivity index is 1.78. The summed E-state index contributed by atoms with van der Waals surface area (Å²) in [6.45, 7) is 0.00820. The minimum Gasteiger partial charge on any atom is -0.458 e. The molecule has 1 aromatic heterocycles. The fourth-order valence-electron chi connectivity index (χ4n) is 2.59. The molecule has 2 heterocycles. The van der Waals surface area contributed by atoms with Gasteiger partial charge in [-0.25, -0.2) is 0 Å². The van der Waals surface area contributed by atoms with Crippen molar-refractivity contribution in [3.63, 3.8) is 0 Å². The number of fused-ring (bicyclic) bond motifs is 1. The third-order valence-corrected chi connectivity index (χ3v) is 3.70. The zero-order valence-corrected chi connectivity index (χ0v) is 12.2. The van der Waals surface area contributed by atoms with Crippen LogP contribution in [0.5, 0.6) is 0 Å². The smallest absolute Gasteiger partial charge is 0.416 e. The van der Waals surface area contributed by atoms with Gasteiger partial charge in [0.15, 0.2) is 0 Å². The number of halogens is 3. The van der Waals surface area contributed by atoms with Crippen molar-refractivity contribution in [3.8, 4) is 11.8 Å². The first-order valence-electron chi connectivity index (χ1n) is 7.33. The van der Waals surface area contributed by atoms with E-state index in [0.29, 0.717) is 29.6 Å². The van der Waals surface area contributed by atoms with E-state index >= 15 is 0 Å². The first kappa shape index (κ1) is 15.9. The van der Waals surface area contributed by atoms with Gasteiger partial charge in [0.1, 0.15) is 23.6 Å². The standard InChI is InChI=1S/C17H15F3O3/c18-17(19,20)12-4-6-14-11(9-12)10-16(23-14)15-7-5-13(22-15)3-1-2-8-21/h4,6,9-10,13,15,21H,2,5,7-8H2/t13-,15+/m1/s1. The van der Waals surface area contributed by atoms with Crippen LogP contribution in [0.3, 0.4) is 0 Å². The third-order valence-electron chi connectivity index (χ3n) is 3.70. The third kappa shape index (κ3) is 3.52. The summed E-state index contributed by atoms with van der Waals surface area (Å²) in [4.78, 5) is 0. The average molecular weight is 324 g/mol. The van der Waals surface area contributed by atoms with Crippen molar-refractivity contribution in [3.05, 3.63) is 35.6 Å². The molecule has 1 aromatic carbocycles. The van der Waals surface area contributed by atoms with Crippen molar-refractivity contribution in [2.45, 2.75) is 37.6 Å². The normalized spacial score (nSPS) is 21.4. The van der Waals surface area contributed by atoms with E-state index in [1.54, 1.807) is 6.07 Å². The number of ether oxygens (including phenoxy) is 1. The molecule has 0 bridgehead atoms. The van der Waals surface area contributed by atoms with E-state index < -0.39 is 11.7 Å². The molecule has 1 saturated heterocycles. The molecule has 1 aliphatic heterocycles. The maximum atomic E-state index is 12.7. The van der Waals surface area contributed by atoms with Gasteiger partial charge in [0, 0.05) is 11.8 Å². The number of benzene rings is 1. The zero-order chi connectivity index (χ0) is 16.4. The second-order valence-corrected chi connectivity index (χ2v) is 5.38. The van der Waals surface area contributed by atoms with Gasteiger partial charge in [0.2, 0.25) is 0 Å². The topological polar surface area (TPSA) is 42.6 Å². The van der Waals surface area contributed by atoms with Crippen molar-refractivity contribution < 1.29 is 27.4 Å². The Morgan fingerprint density at radius 2 is 2.04 bits per heavy atom. The van der Waals surface area contributed by atoms with Crippen LogP contribution < -0.4 is 0 Å². The van der Waals surface area contributed by atoms with Gasteiger partial charge in [-0.15, -0.1) is 0 Å². The molecule has 6 heteroatoms. The summed E-state index contributed by atoms with van der Waals surface area (Å²) >= 11 is 0. The van der Waals surface area contributed by atoms with E-state index in [0.717, 1.165) is 18.6 Å². The van der Waals surface area contributed by atoms with E-state index in [4.69, 9.17) is 14.3 Å². The Morgan fingerprint density at radius 3 is 2.78 bits per heavy atom. The molecule has 0 radical (unpaired) electrons. The minimum absolute atomic E-state index is 0.00820. The van der Waals surface area contributed by atoms with Gasteiger partial charge in [-0.2, -0.15) is 13.2 Å². The van der Waals surface area contributed by atoms with Gasteiger partial charge in [0.05, 0.1) is 12.2 Å². The molecule has 3 nitrogen and oxygen atoms in total. The Hall–Kier alpha value is -1.97. The van der Waals surface area contributed by atoms with Gasteiger partial charge in [0.25, 0.3) is 0 Å². The Labute approximate surface area is 131 Å². The minimum atomic E-state index is -4.37. The molecule has 2 atom stereocenters. The van der Waals surface area contributed by atoms with Crippen molar-refractivity contribution in [2.75, 3.05) is 6.61 Å².